The molecule has 0 fully saturated rings. The molecule has 0 aliphatic heterocycles. The first kappa shape index (κ1) is 6.12. The smallest absolute Gasteiger partial charge is 0.00600 e. The van der Waals surface area contributed by atoms with Gasteiger partial charge in [0.2, 0.25) is 0 Å². The maximum atomic E-state index is 3.52. The second kappa shape index (κ2) is 3.11. The average Bonchev–Trinajstić information content (AvgIpc) is 1.91. The third-order valence-corrected chi connectivity index (χ3v) is 1.35. The molecule has 0 heteroatoms. The molecule has 1 atom stereocenters. The van der Waals surface area contributed by atoms with E-state index in [0.717, 1.165) is 6.42 Å². The Morgan fingerprint density at radius 1 is 1.56 bits per heavy atom. The van der Waals surface area contributed by atoms with Gasteiger partial charge < -0.3 is 0 Å². The van der Waals surface area contributed by atoms with Crippen LogP contribution in [0.2, 0.25) is 0 Å². The lowest BCUT2D eigenvalue weighted by atomic mass is 10.0. The Morgan fingerprint density at radius 2 is 2.44 bits per heavy atom. The highest BCUT2D eigenvalue weighted by atomic mass is 14.0. The van der Waals surface area contributed by atoms with Gasteiger partial charge in [-0.1, -0.05) is 30.9 Å². The molecule has 1 aliphatic carbocycles. The van der Waals surface area contributed by atoms with Crippen LogP contribution in [0.4, 0.5) is 0 Å². The minimum Gasteiger partial charge on any atom is -0.132 e. The van der Waals surface area contributed by atoms with E-state index in [1.165, 1.54) is 0 Å². The van der Waals surface area contributed by atoms with E-state index in [4.69, 9.17) is 0 Å². The third kappa shape index (κ3) is 1.75. The highest BCUT2D eigenvalue weighted by Crippen LogP contribution is 2.11. The minimum atomic E-state index is 0.535. The van der Waals surface area contributed by atoms with Crippen LogP contribution in [0.5, 0.6) is 0 Å². The van der Waals surface area contributed by atoms with Gasteiger partial charge in [-0.3, -0.25) is 0 Å². The minimum absolute atomic E-state index is 0.535. The summed E-state index contributed by atoms with van der Waals surface area (Å²) in [5.74, 6) is 0.535. The van der Waals surface area contributed by atoms with Crippen molar-refractivity contribution in [2.45, 2.75) is 6.42 Å². The molecular formula is C9H10. The summed E-state index contributed by atoms with van der Waals surface area (Å²) in [5.41, 5.74) is 2.78. The molecule has 0 aromatic heterocycles. The lowest BCUT2D eigenvalue weighted by molar-refractivity contribution is 0.824. The molecule has 46 valence electrons. The SMILES string of the molecule is C=C=CC1C=CC=CC1. The summed E-state index contributed by atoms with van der Waals surface area (Å²) >= 11 is 0. The van der Waals surface area contributed by atoms with Crippen molar-refractivity contribution in [3.8, 4) is 0 Å². The fourth-order valence-corrected chi connectivity index (χ4v) is 0.875. The summed E-state index contributed by atoms with van der Waals surface area (Å²) in [6.07, 6.45) is 11.5. The molecule has 0 aromatic rings. The number of hydrogen-bond acceptors (Lipinski definition) is 0. The van der Waals surface area contributed by atoms with Gasteiger partial charge in [-0.05, 0) is 12.5 Å². The second-order valence-corrected chi connectivity index (χ2v) is 2.08. The van der Waals surface area contributed by atoms with Gasteiger partial charge in [-0.15, -0.1) is 5.73 Å². The highest BCUT2D eigenvalue weighted by Gasteiger charge is 1.97. The molecule has 0 saturated heterocycles. The fraction of sp³-hybridized carbons (Fsp3) is 0.222. The molecule has 0 nitrogen and oxygen atoms in total. The summed E-state index contributed by atoms with van der Waals surface area (Å²) < 4.78 is 0. The zero-order valence-corrected chi connectivity index (χ0v) is 5.38. The van der Waals surface area contributed by atoms with Gasteiger partial charge in [0, 0.05) is 5.92 Å². The van der Waals surface area contributed by atoms with Crippen LogP contribution in [-0.4, -0.2) is 0 Å². The largest absolute Gasteiger partial charge is 0.132 e. The first-order valence-corrected chi connectivity index (χ1v) is 3.13. The third-order valence-electron chi connectivity index (χ3n) is 1.35. The molecule has 0 saturated carbocycles. The van der Waals surface area contributed by atoms with Crippen molar-refractivity contribution in [3.63, 3.8) is 0 Å². The normalized spacial score (nSPS) is 23.3. The van der Waals surface area contributed by atoms with Crippen LogP contribution in [0.25, 0.3) is 0 Å². The lowest BCUT2D eigenvalue weighted by Gasteiger charge is -2.03. The summed E-state index contributed by atoms with van der Waals surface area (Å²) in [4.78, 5) is 0. The van der Waals surface area contributed by atoms with Gasteiger partial charge in [0.05, 0.1) is 0 Å². The predicted octanol–water partition coefficient (Wildman–Crippen LogP) is 2.46. The van der Waals surface area contributed by atoms with Crippen molar-refractivity contribution in [2.75, 3.05) is 0 Å². The number of hydrogen-bond donors (Lipinski definition) is 0. The van der Waals surface area contributed by atoms with Crippen molar-refractivity contribution >= 4 is 0 Å². The van der Waals surface area contributed by atoms with Crippen molar-refractivity contribution < 1.29 is 0 Å². The zero-order chi connectivity index (χ0) is 6.53. The summed E-state index contributed by atoms with van der Waals surface area (Å²) in [5, 5.41) is 0. The zero-order valence-electron chi connectivity index (χ0n) is 5.38. The fourth-order valence-electron chi connectivity index (χ4n) is 0.875. The molecule has 1 rings (SSSR count). The van der Waals surface area contributed by atoms with Gasteiger partial charge in [0.25, 0.3) is 0 Å². The van der Waals surface area contributed by atoms with Gasteiger partial charge >= 0.3 is 0 Å². The molecular weight excluding hydrogens is 108 g/mol. The quantitative estimate of drug-likeness (QED) is 0.464. The molecule has 0 heterocycles. The van der Waals surface area contributed by atoms with E-state index in [9.17, 15) is 0 Å². The Bertz CT molecular complexity index is 178. The number of allylic oxidation sites excluding steroid dienone is 5. The molecule has 0 radical (unpaired) electrons. The van der Waals surface area contributed by atoms with Crippen LogP contribution in [0.3, 0.4) is 0 Å². The van der Waals surface area contributed by atoms with Gasteiger partial charge in [0.1, 0.15) is 0 Å². The molecule has 1 aliphatic rings. The van der Waals surface area contributed by atoms with E-state index < -0.39 is 0 Å². The molecule has 0 amide bonds. The molecule has 0 N–H and O–H groups in total. The maximum absolute atomic E-state index is 3.52. The van der Waals surface area contributed by atoms with E-state index >= 15 is 0 Å². The van der Waals surface area contributed by atoms with Crippen LogP contribution in [0.1, 0.15) is 6.42 Å². The maximum Gasteiger partial charge on any atom is 0.00600 e. The summed E-state index contributed by atoms with van der Waals surface area (Å²) in [7, 11) is 0. The van der Waals surface area contributed by atoms with Crippen molar-refractivity contribution in [2.24, 2.45) is 5.92 Å². The Hall–Kier alpha value is -1.00. The molecule has 0 bridgehead atoms. The number of rotatable bonds is 1. The lowest BCUT2D eigenvalue weighted by Crippen LogP contribution is -1.90. The Balaban J connectivity index is 2.55. The van der Waals surface area contributed by atoms with Crippen LogP contribution >= 0.6 is 0 Å². The monoisotopic (exact) mass is 118 g/mol. The Labute approximate surface area is 55.9 Å². The standard InChI is InChI=1S/C9H10/c1-2-6-9-7-4-3-5-8-9/h3-7,9H,1,8H2. The topological polar surface area (TPSA) is 0 Å². The van der Waals surface area contributed by atoms with E-state index in [1.807, 2.05) is 6.08 Å². The predicted molar refractivity (Wildman–Crippen MR) is 40.1 cm³/mol. The van der Waals surface area contributed by atoms with Gasteiger partial charge in [-0.2, -0.15) is 0 Å². The first-order valence-electron chi connectivity index (χ1n) is 3.13. The van der Waals surface area contributed by atoms with Crippen molar-refractivity contribution in [3.05, 3.63) is 42.7 Å². The molecule has 1 unspecified atom stereocenters. The molecule has 9 heavy (non-hydrogen) atoms. The van der Waals surface area contributed by atoms with E-state index in [-0.39, 0.29) is 0 Å². The van der Waals surface area contributed by atoms with Gasteiger partial charge in [0.15, 0.2) is 0 Å². The highest BCUT2D eigenvalue weighted by molar-refractivity contribution is 5.14. The van der Waals surface area contributed by atoms with Crippen molar-refractivity contribution in [1.29, 1.82) is 0 Å². The van der Waals surface area contributed by atoms with E-state index in [2.05, 4.69) is 36.6 Å². The van der Waals surface area contributed by atoms with Crippen LogP contribution < -0.4 is 0 Å². The van der Waals surface area contributed by atoms with Crippen LogP contribution in [-0.2, 0) is 0 Å². The molecule has 0 spiro atoms. The Morgan fingerprint density at radius 3 is 3.00 bits per heavy atom. The van der Waals surface area contributed by atoms with E-state index in [0.29, 0.717) is 5.92 Å². The van der Waals surface area contributed by atoms with Crippen LogP contribution in [0, 0.1) is 5.92 Å². The summed E-state index contributed by atoms with van der Waals surface area (Å²) in [6.45, 7) is 3.52. The average molecular weight is 118 g/mol. The first-order chi connectivity index (χ1) is 4.43. The molecule has 0 aromatic carbocycles. The van der Waals surface area contributed by atoms with E-state index in [1.54, 1.807) is 0 Å². The van der Waals surface area contributed by atoms with Crippen LogP contribution in [0.15, 0.2) is 42.7 Å². The van der Waals surface area contributed by atoms with Gasteiger partial charge in [-0.25, -0.2) is 0 Å². The second-order valence-electron chi connectivity index (χ2n) is 2.08. The van der Waals surface area contributed by atoms with Crippen molar-refractivity contribution in [1.82, 2.24) is 0 Å². The Kier molecular flexibility index (Phi) is 2.12. The summed E-state index contributed by atoms with van der Waals surface area (Å²) in [6, 6.07) is 0.